The van der Waals surface area contributed by atoms with Gasteiger partial charge in [-0.05, 0) is 49.2 Å². The third-order valence-electron chi connectivity index (χ3n) is 5.00. The van der Waals surface area contributed by atoms with Crippen LogP contribution in [0.25, 0.3) is 0 Å². The van der Waals surface area contributed by atoms with Crippen LogP contribution < -0.4 is 5.32 Å². The zero-order valence-corrected chi connectivity index (χ0v) is 15.7. The number of carbonyl (C=O) groups excluding carboxylic acids is 1. The number of piperidine rings is 1. The summed E-state index contributed by atoms with van der Waals surface area (Å²) in [4.78, 5) is 14.5. The lowest BCUT2D eigenvalue weighted by molar-refractivity contribution is -0.181. The molecule has 0 saturated carbocycles. The molecule has 2 fully saturated rings. The maximum absolute atomic E-state index is 12.7. The fourth-order valence-electron chi connectivity index (χ4n) is 3.71. The molecule has 142 valence electrons. The molecule has 2 saturated heterocycles. The largest absolute Gasteiger partial charge is 0.347 e. The number of ether oxygens (including phenoxy) is 2. The first-order valence-electron chi connectivity index (χ1n) is 9.29. The van der Waals surface area contributed by atoms with Gasteiger partial charge in [-0.1, -0.05) is 6.07 Å². The average Bonchev–Trinajstić information content (AvgIpc) is 3.10. The molecule has 27 heavy (non-hydrogen) atoms. The SMILES string of the molecule is Cc1cc(C)cc(Nc2ccc(C(=O)N3CCC4(CC3)OCCO4)nn2)c1. The van der Waals surface area contributed by atoms with Gasteiger partial charge in [-0.2, -0.15) is 0 Å². The van der Waals surface area contributed by atoms with Crippen molar-refractivity contribution in [2.24, 2.45) is 0 Å². The number of anilines is 2. The second-order valence-electron chi connectivity index (χ2n) is 7.21. The Morgan fingerprint density at radius 2 is 1.70 bits per heavy atom. The minimum absolute atomic E-state index is 0.103. The molecule has 0 unspecified atom stereocenters. The minimum atomic E-state index is -0.484. The Labute approximate surface area is 158 Å². The van der Waals surface area contributed by atoms with Crippen molar-refractivity contribution >= 4 is 17.4 Å². The highest BCUT2D eigenvalue weighted by Crippen LogP contribution is 2.31. The standard InChI is InChI=1S/C20H24N4O3/c1-14-11-15(2)13-16(12-14)21-18-4-3-17(22-23-18)19(25)24-7-5-20(6-8-24)26-9-10-27-20/h3-4,11-13H,5-10H2,1-2H3,(H,21,23). The molecule has 1 N–H and O–H groups in total. The van der Waals surface area contributed by atoms with Crippen LogP contribution in [0.2, 0.25) is 0 Å². The number of hydrogen-bond acceptors (Lipinski definition) is 6. The van der Waals surface area contributed by atoms with Crippen molar-refractivity contribution in [1.82, 2.24) is 15.1 Å². The molecule has 0 aliphatic carbocycles. The highest BCUT2D eigenvalue weighted by Gasteiger charge is 2.41. The van der Waals surface area contributed by atoms with Gasteiger partial charge in [0.1, 0.15) is 0 Å². The summed E-state index contributed by atoms with van der Waals surface area (Å²) >= 11 is 0. The topological polar surface area (TPSA) is 76.6 Å². The molecule has 7 nitrogen and oxygen atoms in total. The molecule has 2 aromatic rings. The predicted molar refractivity (Wildman–Crippen MR) is 101 cm³/mol. The van der Waals surface area contributed by atoms with Gasteiger partial charge in [0.25, 0.3) is 5.91 Å². The van der Waals surface area contributed by atoms with Gasteiger partial charge in [0.15, 0.2) is 17.3 Å². The van der Waals surface area contributed by atoms with Crippen LogP contribution in [0, 0.1) is 13.8 Å². The Kier molecular flexibility index (Phi) is 4.80. The highest BCUT2D eigenvalue weighted by atomic mass is 16.7. The minimum Gasteiger partial charge on any atom is -0.347 e. The lowest BCUT2D eigenvalue weighted by Gasteiger charge is -2.37. The van der Waals surface area contributed by atoms with E-state index in [4.69, 9.17) is 9.47 Å². The van der Waals surface area contributed by atoms with Gasteiger partial charge >= 0.3 is 0 Å². The number of aromatic nitrogens is 2. The second kappa shape index (κ2) is 7.25. The van der Waals surface area contributed by atoms with Crippen LogP contribution in [-0.4, -0.2) is 53.1 Å². The Bertz CT molecular complexity index is 801. The molecule has 0 bridgehead atoms. The van der Waals surface area contributed by atoms with Gasteiger partial charge in [0, 0.05) is 31.6 Å². The summed E-state index contributed by atoms with van der Waals surface area (Å²) in [7, 11) is 0. The molecule has 1 aromatic carbocycles. The highest BCUT2D eigenvalue weighted by molar-refractivity contribution is 5.92. The number of rotatable bonds is 3. The fraction of sp³-hybridized carbons (Fsp3) is 0.450. The number of nitrogens with zero attached hydrogens (tertiary/aromatic N) is 3. The number of aryl methyl sites for hydroxylation is 2. The van der Waals surface area contributed by atoms with Gasteiger partial charge < -0.3 is 19.7 Å². The second-order valence-corrected chi connectivity index (χ2v) is 7.21. The van der Waals surface area contributed by atoms with Crippen molar-refractivity contribution in [1.29, 1.82) is 0 Å². The Morgan fingerprint density at radius 3 is 2.30 bits per heavy atom. The summed E-state index contributed by atoms with van der Waals surface area (Å²) in [5, 5.41) is 11.5. The van der Waals surface area contributed by atoms with Crippen LogP contribution in [0.1, 0.15) is 34.5 Å². The van der Waals surface area contributed by atoms with E-state index in [0.29, 0.717) is 50.7 Å². The molecule has 2 aliphatic heterocycles. The molecule has 1 spiro atoms. The van der Waals surface area contributed by atoms with E-state index >= 15 is 0 Å². The van der Waals surface area contributed by atoms with Crippen LogP contribution in [0.4, 0.5) is 11.5 Å². The smallest absolute Gasteiger partial charge is 0.274 e. The maximum Gasteiger partial charge on any atom is 0.274 e. The van der Waals surface area contributed by atoms with Crippen molar-refractivity contribution in [2.75, 3.05) is 31.6 Å². The number of nitrogens with one attached hydrogen (secondary N) is 1. The van der Waals surface area contributed by atoms with E-state index in [1.807, 2.05) is 12.1 Å². The number of benzene rings is 1. The van der Waals surface area contributed by atoms with Gasteiger partial charge in [-0.25, -0.2) is 0 Å². The summed E-state index contributed by atoms with van der Waals surface area (Å²) in [6, 6.07) is 9.71. The van der Waals surface area contributed by atoms with Crippen LogP contribution in [-0.2, 0) is 9.47 Å². The molecular weight excluding hydrogens is 344 g/mol. The molecule has 0 atom stereocenters. The van der Waals surface area contributed by atoms with Crippen molar-refractivity contribution in [3.05, 3.63) is 47.2 Å². The third-order valence-corrected chi connectivity index (χ3v) is 5.00. The molecular formula is C20H24N4O3. The van der Waals surface area contributed by atoms with E-state index in [2.05, 4.69) is 35.4 Å². The van der Waals surface area contributed by atoms with E-state index in [1.54, 1.807) is 17.0 Å². The van der Waals surface area contributed by atoms with E-state index in [-0.39, 0.29) is 5.91 Å². The van der Waals surface area contributed by atoms with Crippen LogP contribution in [0.5, 0.6) is 0 Å². The predicted octanol–water partition coefficient (Wildman–Crippen LogP) is 2.82. The summed E-state index contributed by atoms with van der Waals surface area (Å²) in [6.45, 7) is 6.57. The summed E-state index contributed by atoms with van der Waals surface area (Å²) < 4.78 is 11.4. The lowest BCUT2D eigenvalue weighted by Crippen LogP contribution is -2.47. The maximum atomic E-state index is 12.7. The summed E-state index contributed by atoms with van der Waals surface area (Å²) in [6.07, 6.45) is 1.39. The summed E-state index contributed by atoms with van der Waals surface area (Å²) in [5.74, 6) is 0.0255. The monoisotopic (exact) mass is 368 g/mol. The fourth-order valence-corrected chi connectivity index (χ4v) is 3.71. The number of carbonyl (C=O) groups is 1. The Balaban J connectivity index is 1.39. The van der Waals surface area contributed by atoms with E-state index in [9.17, 15) is 4.79 Å². The van der Waals surface area contributed by atoms with Gasteiger partial charge in [-0.15, -0.1) is 10.2 Å². The lowest BCUT2D eigenvalue weighted by atomic mass is 10.0. The number of hydrogen-bond donors (Lipinski definition) is 1. The number of amides is 1. The first-order chi connectivity index (χ1) is 13.0. The quantitative estimate of drug-likeness (QED) is 0.898. The average molecular weight is 368 g/mol. The number of likely N-dealkylation sites (tertiary alicyclic amines) is 1. The molecule has 3 heterocycles. The normalized spacial score (nSPS) is 18.7. The van der Waals surface area contributed by atoms with E-state index < -0.39 is 5.79 Å². The van der Waals surface area contributed by atoms with E-state index in [0.717, 1.165) is 5.69 Å². The Morgan fingerprint density at radius 1 is 1.04 bits per heavy atom. The van der Waals surface area contributed by atoms with Crippen LogP contribution in [0.3, 0.4) is 0 Å². The Hall–Kier alpha value is -2.51. The van der Waals surface area contributed by atoms with E-state index in [1.165, 1.54) is 11.1 Å². The molecule has 4 rings (SSSR count). The van der Waals surface area contributed by atoms with Crippen molar-refractivity contribution in [3.63, 3.8) is 0 Å². The van der Waals surface area contributed by atoms with Gasteiger partial charge in [0.05, 0.1) is 13.2 Å². The molecule has 2 aliphatic rings. The van der Waals surface area contributed by atoms with Crippen LogP contribution in [0.15, 0.2) is 30.3 Å². The van der Waals surface area contributed by atoms with Crippen molar-refractivity contribution < 1.29 is 14.3 Å². The molecule has 1 amide bonds. The van der Waals surface area contributed by atoms with Gasteiger partial charge in [0.2, 0.25) is 0 Å². The van der Waals surface area contributed by atoms with Gasteiger partial charge in [-0.3, -0.25) is 4.79 Å². The van der Waals surface area contributed by atoms with Crippen molar-refractivity contribution in [2.45, 2.75) is 32.5 Å². The van der Waals surface area contributed by atoms with Crippen LogP contribution >= 0.6 is 0 Å². The third kappa shape index (κ3) is 3.94. The zero-order chi connectivity index (χ0) is 18.9. The zero-order valence-electron chi connectivity index (χ0n) is 15.7. The molecule has 7 heteroatoms. The van der Waals surface area contributed by atoms with Crippen molar-refractivity contribution in [3.8, 4) is 0 Å². The molecule has 1 aromatic heterocycles. The summed E-state index contributed by atoms with van der Waals surface area (Å²) in [5.41, 5.74) is 3.66. The first-order valence-corrected chi connectivity index (χ1v) is 9.29. The molecule has 0 radical (unpaired) electrons. The first kappa shape index (κ1) is 17.9.